The molecule has 6 heterocycles. The lowest BCUT2D eigenvalue weighted by Crippen LogP contribution is -2.78. The Morgan fingerprint density at radius 1 is 0.964 bits per heavy atom. The lowest BCUT2D eigenvalue weighted by Gasteiger charge is -2.64. The van der Waals surface area contributed by atoms with E-state index in [1.165, 1.54) is 14.2 Å². The van der Waals surface area contributed by atoms with E-state index in [1.54, 1.807) is 7.11 Å². The maximum atomic E-state index is 15.3. The molecule has 56 heavy (non-hydrogen) atoms. The summed E-state index contributed by atoms with van der Waals surface area (Å²) in [5.41, 5.74) is 0.0814. The number of piperidine rings is 1. The number of ether oxygens (including phenoxy) is 3. The molecule has 1 spiro atoms. The molecule has 2 bridgehead atoms. The zero-order valence-electron chi connectivity index (χ0n) is 34.0. The number of nitrogens with one attached hydrogen (secondary N) is 1. The van der Waals surface area contributed by atoms with Gasteiger partial charge in [0.25, 0.3) is 0 Å². The van der Waals surface area contributed by atoms with Gasteiger partial charge in [-0.15, -0.1) is 0 Å². The van der Waals surface area contributed by atoms with E-state index in [-0.39, 0.29) is 17.9 Å². The van der Waals surface area contributed by atoms with Crippen molar-refractivity contribution in [2.45, 2.75) is 93.4 Å². The number of carbonyl (C=O) groups is 2. The molecule has 11 nitrogen and oxygen atoms in total. The maximum Gasteiger partial charge on any atom is 0.340 e. The van der Waals surface area contributed by atoms with Gasteiger partial charge in [0.1, 0.15) is 11.2 Å². The summed E-state index contributed by atoms with van der Waals surface area (Å²) in [5, 5.41) is 26.2. The van der Waals surface area contributed by atoms with E-state index in [9.17, 15) is 15.0 Å². The monoisotopic (exact) mass is 766 g/mol. The smallest absolute Gasteiger partial charge is 0.340 e. The number of esters is 2. The standard InChI is InChI=1S/C45H58N4O7/c1-8-41(52)23-28-24-44(39(50)55-6,36-30(15-19-48(25-28)26-41)29-13-10-11-14-33(29)46-36)32-21-31-34(22-35(32)54-5)47(4)38-43(31)17-20-49-18-12-16-42(9-2,37(43)49)27(3)45(38,53)40(51)56-7/h10-14,16,21-22,27-28,37-38,46,52-53H,8-9,15,17-20,23-26H2,1-7H3/t27-,28+,37+,38-,41+,42+,43-,44?,45?/m1/s1. The van der Waals surface area contributed by atoms with Crippen LogP contribution in [0.2, 0.25) is 0 Å². The number of anilines is 1. The molecule has 2 saturated heterocycles. The zero-order valence-corrected chi connectivity index (χ0v) is 34.0. The number of rotatable bonds is 6. The van der Waals surface area contributed by atoms with Crippen LogP contribution in [0.5, 0.6) is 5.75 Å². The van der Waals surface area contributed by atoms with Crippen molar-refractivity contribution in [1.82, 2.24) is 14.8 Å². The third-order valence-electron chi connectivity index (χ3n) is 15.9. The number of aromatic nitrogens is 1. The molecule has 10 atom stereocenters. The molecule has 11 heteroatoms. The second kappa shape index (κ2) is 12.8. The number of hydrogen-bond acceptors (Lipinski definition) is 10. The van der Waals surface area contributed by atoms with Crippen LogP contribution in [-0.4, -0.2) is 121 Å². The summed E-state index contributed by atoms with van der Waals surface area (Å²) in [4.78, 5) is 40.3. The number of hydrogen-bond donors (Lipinski definition) is 3. The fraction of sp³-hybridized carbons (Fsp3) is 0.600. The average Bonchev–Trinajstić information content (AvgIpc) is 3.87. The number of H-pyrrole nitrogens is 1. The molecule has 3 N–H and O–H groups in total. The van der Waals surface area contributed by atoms with Crippen LogP contribution in [0.25, 0.3) is 10.9 Å². The molecule has 1 saturated carbocycles. The van der Waals surface area contributed by atoms with Crippen molar-refractivity contribution in [3.8, 4) is 5.75 Å². The second-order valence-electron chi connectivity index (χ2n) is 17.9. The summed E-state index contributed by atoms with van der Waals surface area (Å²) in [5.74, 6) is -0.979. The Hall–Kier alpha value is -3.90. The van der Waals surface area contributed by atoms with Crippen LogP contribution in [0.15, 0.2) is 48.6 Å². The van der Waals surface area contributed by atoms with Crippen molar-refractivity contribution in [3.63, 3.8) is 0 Å². The lowest BCUT2D eigenvalue weighted by atomic mass is 9.45. The van der Waals surface area contributed by atoms with Gasteiger partial charge in [-0.25, -0.2) is 4.79 Å². The van der Waals surface area contributed by atoms with E-state index in [0.717, 1.165) is 66.0 Å². The number of fused-ring (bicyclic) bond motifs is 6. The first-order valence-electron chi connectivity index (χ1n) is 20.6. The number of carbonyl (C=O) groups excluding carboxylic acids is 2. The highest BCUT2D eigenvalue weighted by Crippen LogP contribution is 2.69. The number of likely N-dealkylation sites (N-methyl/N-ethyl adjacent to an activating group) is 1. The van der Waals surface area contributed by atoms with Gasteiger partial charge < -0.3 is 34.3 Å². The van der Waals surface area contributed by atoms with Gasteiger partial charge in [0.2, 0.25) is 0 Å². The van der Waals surface area contributed by atoms with Crippen molar-refractivity contribution < 1.29 is 34.0 Å². The molecule has 6 aliphatic rings. The van der Waals surface area contributed by atoms with E-state index >= 15 is 4.79 Å². The molecule has 5 aliphatic heterocycles. The number of aromatic amines is 1. The molecule has 3 fully saturated rings. The van der Waals surface area contributed by atoms with Crippen LogP contribution >= 0.6 is 0 Å². The van der Waals surface area contributed by atoms with Gasteiger partial charge in [-0.1, -0.05) is 51.1 Å². The van der Waals surface area contributed by atoms with Gasteiger partial charge >= 0.3 is 11.9 Å². The zero-order chi connectivity index (χ0) is 39.6. The van der Waals surface area contributed by atoms with E-state index in [2.05, 4.69) is 57.0 Å². The van der Waals surface area contributed by atoms with E-state index in [1.807, 2.05) is 39.1 Å². The predicted molar refractivity (Wildman–Crippen MR) is 214 cm³/mol. The van der Waals surface area contributed by atoms with Crippen LogP contribution < -0.4 is 9.64 Å². The molecule has 2 aromatic carbocycles. The fourth-order valence-corrected chi connectivity index (χ4v) is 13.6. The molecule has 1 aromatic heterocycles. The first-order valence-corrected chi connectivity index (χ1v) is 20.6. The third-order valence-corrected chi connectivity index (χ3v) is 15.9. The van der Waals surface area contributed by atoms with Crippen LogP contribution in [-0.2, 0) is 36.3 Å². The first kappa shape index (κ1) is 37.7. The van der Waals surface area contributed by atoms with Crippen LogP contribution in [0.3, 0.4) is 0 Å². The number of methoxy groups -OCH3 is 3. The highest BCUT2D eigenvalue weighted by molar-refractivity contribution is 5.94. The minimum atomic E-state index is -1.85. The van der Waals surface area contributed by atoms with Crippen molar-refractivity contribution in [2.24, 2.45) is 17.3 Å². The number of nitrogens with zero attached hydrogens (tertiary/aromatic N) is 3. The summed E-state index contributed by atoms with van der Waals surface area (Å²) < 4.78 is 17.9. The van der Waals surface area contributed by atoms with Crippen LogP contribution in [0.4, 0.5) is 5.69 Å². The van der Waals surface area contributed by atoms with Crippen molar-refractivity contribution in [1.29, 1.82) is 0 Å². The number of aliphatic hydroxyl groups is 2. The highest BCUT2D eigenvalue weighted by atomic mass is 16.5. The molecule has 3 unspecified atom stereocenters. The quantitative estimate of drug-likeness (QED) is 0.240. The van der Waals surface area contributed by atoms with E-state index in [4.69, 9.17) is 14.2 Å². The summed E-state index contributed by atoms with van der Waals surface area (Å²) >= 11 is 0. The second-order valence-corrected chi connectivity index (χ2v) is 17.9. The Labute approximate surface area is 329 Å². The maximum absolute atomic E-state index is 15.3. The van der Waals surface area contributed by atoms with Gasteiger partial charge in [0, 0.05) is 89.9 Å². The number of benzene rings is 2. The minimum Gasteiger partial charge on any atom is -0.496 e. The minimum absolute atomic E-state index is 0.0235. The normalized spacial score (nSPS) is 38.4. The number of para-hydroxylation sites is 1. The topological polar surface area (TPSA) is 128 Å². The van der Waals surface area contributed by atoms with Crippen molar-refractivity contribution in [3.05, 3.63) is 70.9 Å². The molecule has 3 aromatic rings. The fourth-order valence-electron chi connectivity index (χ4n) is 13.6. The Morgan fingerprint density at radius 2 is 1.73 bits per heavy atom. The van der Waals surface area contributed by atoms with Gasteiger partial charge in [0.05, 0.1) is 33.0 Å². The SMILES string of the molecule is CC[C@]1(O)C[C@@H]2CN(CCc3c([nH]c4ccccc34)C(C(=O)OC)(c3cc4c(cc3OC)N(C)[C@H]3C(O)(C(=O)OC)[C@H](C)[C@]5(CC)C=CCN6CC[C@]43[C@@H]65)C2)C1. The Balaban J connectivity index is 1.36. The Morgan fingerprint density at radius 3 is 2.45 bits per heavy atom. The summed E-state index contributed by atoms with van der Waals surface area (Å²) in [6.45, 7) is 9.90. The van der Waals surface area contributed by atoms with Gasteiger partial charge in [-0.2, -0.15) is 0 Å². The lowest BCUT2D eigenvalue weighted by molar-refractivity contribution is -0.197. The Kier molecular flexibility index (Phi) is 8.61. The van der Waals surface area contributed by atoms with Crippen LogP contribution in [0.1, 0.15) is 75.3 Å². The molecular formula is C45H58N4O7. The molecule has 0 amide bonds. The van der Waals surface area contributed by atoms with Gasteiger partial charge in [-0.05, 0) is 74.2 Å². The molecular weight excluding hydrogens is 709 g/mol. The molecule has 9 rings (SSSR count). The van der Waals surface area contributed by atoms with Gasteiger partial charge in [-0.3, -0.25) is 14.6 Å². The summed E-state index contributed by atoms with van der Waals surface area (Å²) in [6.07, 6.45) is 8.16. The largest absolute Gasteiger partial charge is 0.496 e. The highest BCUT2D eigenvalue weighted by Gasteiger charge is 2.78. The molecule has 300 valence electrons. The predicted octanol–water partition coefficient (Wildman–Crippen LogP) is 4.70. The summed E-state index contributed by atoms with van der Waals surface area (Å²) in [7, 11) is 6.46. The Bertz CT molecular complexity index is 2130. The van der Waals surface area contributed by atoms with Crippen molar-refractivity contribution in [2.75, 3.05) is 66.0 Å². The summed E-state index contributed by atoms with van der Waals surface area (Å²) in [6, 6.07) is 11.8. The van der Waals surface area contributed by atoms with Gasteiger partial charge in [0.15, 0.2) is 5.60 Å². The average molecular weight is 767 g/mol. The van der Waals surface area contributed by atoms with E-state index in [0.29, 0.717) is 50.0 Å². The molecule has 0 radical (unpaired) electrons. The van der Waals surface area contributed by atoms with Crippen molar-refractivity contribution >= 4 is 28.5 Å². The molecule has 1 aliphatic carbocycles. The first-order chi connectivity index (χ1) is 26.8. The van der Waals surface area contributed by atoms with E-state index < -0.39 is 45.4 Å². The third kappa shape index (κ3) is 4.60. The van der Waals surface area contributed by atoms with Crippen LogP contribution in [0, 0.1) is 17.3 Å².